The number of benzene rings is 1. The molecule has 0 saturated carbocycles. The highest BCUT2D eigenvalue weighted by Crippen LogP contribution is 2.31. The average Bonchev–Trinajstić information content (AvgIpc) is 2.26. The summed E-state index contributed by atoms with van der Waals surface area (Å²) in [4.78, 5) is 0.544. The van der Waals surface area contributed by atoms with Gasteiger partial charge in [-0.3, -0.25) is 0 Å². The molecule has 1 aromatic carbocycles. The summed E-state index contributed by atoms with van der Waals surface area (Å²) in [5.74, 6) is 1.22. The first-order valence-electron chi connectivity index (χ1n) is 6.48. The van der Waals surface area contributed by atoms with Crippen LogP contribution in [0.2, 0.25) is 0 Å². The molecule has 17 heavy (non-hydrogen) atoms. The van der Waals surface area contributed by atoms with Crippen LogP contribution >= 0.6 is 15.9 Å². The van der Waals surface area contributed by atoms with Gasteiger partial charge < -0.3 is 0 Å². The largest absolute Gasteiger partial charge is 0.0881 e. The van der Waals surface area contributed by atoms with Gasteiger partial charge in [0.15, 0.2) is 0 Å². The minimum absolute atomic E-state index is 0.244. The van der Waals surface area contributed by atoms with Crippen LogP contribution in [0.25, 0.3) is 0 Å². The van der Waals surface area contributed by atoms with Crippen molar-refractivity contribution in [1.29, 1.82) is 0 Å². The van der Waals surface area contributed by atoms with E-state index in [2.05, 4.69) is 81.7 Å². The molecule has 0 aliphatic carbocycles. The molecule has 0 fully saturated rings. The zero-order valence-corrected chi connectivity index (χ0v) is 13.5. The highest BCUT2D eigenvalue weighted by molar-refractivity contribution is 9.09. The first kappa shape index (κ1) is 14.8. The van der Waals surface area contributed by atoms with Gasteiger partial charge in [0.1, 0.15) is 0 Å². The Kier molecular flexibility index (Phi) is 4.83. The second-order valence-corrected chi connectivity index (χ2v) is 7.41. The first-order chi connectivity index (χ1) is 7.73. The second-order valence-electron chi connectivity index (χ2n) is 6.35. The van der Waals surface area contributed by atoms with Crippen molar-refractivity contribution < 1.29 is 0 Å². The lowest BCUT2D eigenvalue weighted by molar-refractivity contribution is 0.548. The maximum absolute atomic E-state index is 3.80. The Hall–Kier alpha value is -0.300. The molecule has 1 rings (SSSR count). The molecule has 0 aliphatic heterocycles. The van der Waals surface area contributed by atoms with Crippen LogP contribution in [0.4, 0.5) is 0 Å². The summed E-state index contributed by atoms with van der Waals surface area (Å²) in [6.45, 7) is 13.6. The van der Waals surface area contributed by atoms with Gasteiger partial charge in [-0.1, -0.05) is 81.7 Å². The lowest BCUT2D eigenvalue weighted by Gasteiger charge is -2.24. The minimum atomic E-state index is 0.244. The van der Waals surface area contributed by atoms with E-state index in [1.54, 1.807) is 0 Å². The number of halogens is 1. The predicted octanol–water partition coefficient (Wildman–Crippen LogP) is 5.51. The van der Waals surface area contributed by atoms with Crippen molar-refractivity contribution >= 4 is 15.9 Å². The van der Waals surface area contributed by atoms with Gasteiger partial charge >= 0.3 is 0 Å². The normalized spacial score (nSPS) is 16.0. The first-order valence-corrected chi connectivity index (χ1v) is 7.39. The van der Waals surface area contributed by atoms with Gasteiger partial charge in [0.05, 0.1) is 0 Å². The van der Waals surface area contributed by atoms with E-state index in [1.807, 2.05) is 0 Å². The van der Waals surface area contributed by atoms with E-state index in [9.17, 15) is 0 Å². The second kappa shape index (κ2) is 5.56. The minimum Gasteiger partial charge on any atom is -0.0881 e. The maximum atomic E-state index is 3.80. The van der Waals surface area contributed by atoms with Crippen molar-refractivity contribution in [2.45, 2.75) is 57.7 Å². The van der Waals surface area contributed by atoms with Crippen LogP contribution in [0.3, 0.4) is 0 Å². The quantitative estimate of drug-likeness (QED) is 0.646. The molecule has 1 aromatic rings. The Bertz CT molecular complexity index is 343. The Morgan fingerprint density at radius 1 is 0.941 bits per heavy atom. The molecule has 0 N–H and O–H groups in total. The van der Waals surface area contributed by atoms with Crippen LogP contribution in [0.1, 0.15) is 58.6 Å². The highest BCUT2D eigenvalue weighted by Gasteiger charge is 2.20. The van der Waals surface area contributed by atoms with Crippen LogP contribution in [-0.4, -0.2) is 4.83 Å². The van der Waals surface area contributed by atoms with Gasteiger partial charge in [-0.2, -0.15) is 0 Å². The molecule has 0 amide bonds. The molecule has 0 radical (unpaired) electrons. The van der Waals surface area contributed by atoms with Gasteiger partial charge in [-0.25, -0.2) is 0 Å². The molecule has 0 nitrogen and oxygen atoms in total. The monoisotopic (exact) mass is 296 g/mol. The summed E-state index contributed by atoms with van der Waals surface area (Å²) in [6, 6.07) is 9.10. The van der Waals surface area contributed by atoms with Crippen LogP contribution < -0.4 is 0 Å². The molecular formula is C16H25Br. The molecule has 0 bridgehead atoms. The molecular weight excluding hydrogens is 272 g/mol. The zero-order valence-electron chi connectivity index (χ0n) is 11.9. The van der Waals surface area contributed by atoms with E-state index < -0.39 is 0 Å². The third-order valence-corrected chi connectivity index (χ3v) is 5.27. The molecule has 2 atom stereocenters. The summed E-state index contributed by atoms with van der Waals surface area (Å²) in [6.07, 6.45) is 0. The SMILES string of the molecule is CC(C)C(Br)C(C)c1ccc(C(C)(C)C)cc1. The van der Waals surface area contributed by atoms with Crippen molar-refractivity contribution in [3.8, 4) is 0 Å². The summed E-state index contributed by atoms with van der Waals surface area (Å²) >= 11 is 3.80. The zero-order chi connectivity index (χ0) is 13.2. The Balaban J connectivity index is 2.88. The predicted molar refractivity (Wildman–Crippen MR) is 81.1 cm³/mol. The number of hydrogen-bond acceptors (Lipinski definition) is 0. The molecule has 0 aliphatic rings. The van der Waals surface area contributed by atoms with E-state index in [0.717, 1.165) is 0 Å². The van der Waals surface area contributed by atoms with E-state index >= 15 is 0 Å². The van der Waals surface area contributed by atoms with Crippen LogP contribution in [0.5, 0.6) is 0 Å². The fourth-order valence-corrected chi connectivity index (χ4v) is 2.35. The van der Waals surface area contributed by atoms with Crippen molar-refractivity contribution in [1.82, 2.24) is 0 Å². The highest BCUT2D eigenvalue weighted by atomic mass is 79.9. The Morgan fingerprint density at radius 2 is 1.41 bits per heavy atom. The topological polar surface area (TPSA) is 0 Å². The van der Waals surface area contributed by atoms with Crippen molar-refractivity contribution in [2.75, 3.05) is 0 Å². The van der Waals surface area contributed by atoms with Crippen molar-refractivity contribution in [3.05, 3.63) is 35.4 Å². The summed E-state index contributed by atoms with van der Waals surface area (Å²) in [5.41, 5.74) is 3.07. The van der Waals surface area contributed by atoms with Gasteiger partial charge in [0.25, 0.3) is 0 Å². The maximum Gasteiger partial charge on any atom is 0.0234 e. The van der Waals surface area contributed by atoms with E-state index in [4.69, 9.17) is 0 Å². The van der Waals surface area contributed by atoms with Crippen molar-refractivity contribution in [3.63, 3.8) is 0 Å². The molecule has 1 heteroatoms. The lowest BCUT2D eigenvalue weighted by Crippen LogP contribution is -2.16. The molecule has 96 valence electrons. The van der Waals surface area contributed by atoms with Gasteiger partial charge in [-0.15, -0.1) is 0 Å². The molecule has 0 aromatic heterocycles. The summed E-state index contributed by atoms with van der Waals surface area (Å²) in [5, 5.41) is 0. The summed E-state index contributed by atoms with van der Waals surface area (Å²) in [7, 11) is 0. The third-order valence-electron chi connectivity index (χ3n) is 3.42. The molecule has 0 heterocycles. The van der Waals surface area contributed by atoms with Crippen LogP contribution in [0.15, 0.2) is 24.3 Å². The Labute approximate surface area is 115 Å². The Morgan fingerprint density at radius 3 is 1.76 bits per heavy atom. The standard InChI is InChI=1S/C16H25Br/c1-11(2)15(17)12(3)13-7-9-14(10-8-13)16(4,5)6/h7-12,15H,1-6H3. The van der Waals surface area contributed by atoms with E-state index in [-0.39, 0.29) is 5.41 Å². The molecule has 0 spiro atoms. The number of rotatable bonds is 3. The fourth-order valence-electron chi connectivity index (χ4n) is 2.05. The van der Waals surface area contributed by atoms with Gasteiger partial charge in [-0.05, 0) is 28.4 Å². The van der Waals surface area contributed by atoms with E-state index in [0.29, 0.717) is 16.7 Å². The van der Waals surface area contributed by atoms with Gasteiger partial charge in [0, 0.05) is 4.83 Å². The summed E-state index contributed by atoms with van der Waals surface area (Å²) < 4.78 is 0. The molecule has 2 unspecified atom stereocenters. The van der Waals surface area contributed by atoms with Crippen LogP contribution in [0, 0.1) is 5.92 Å². The van der Waals surface area contributed by atoms with Crippen molar-refractivity contribution in [2.24, 2.45) is 5.92 Å². The third kappa shape index (κ3) is 3.84. The van der Waals surface area contributed by atoms with Gasteiger partial charge in [0.2, 0.25) is 0 Å². The average molecular weight is 297 g/mol. The van der Waals surface area contributed by atoms with Crippen LogP contribution in [-0.2, 0) is 5.41 Å². The lowest BCUT2D eigenvalue weighted by atomic mass is 9.84. The smallest absolute Gasteiger partial charge is 0.0234 e. The number of hydrogen-bond donors (Lipinski definition) is 0. The van der Waals surface area contributed by atoms with E-state index in [1.165, 1.54) is 11.1 Å². The molecule has 0 saturated heterocycles. The number of alkyl halides is 1. The fraction of sp³-hybridized carbons (Fsp3) is 0.625.